The summed E-state index contributed by atoms with van der Waals surface area (Å²) in [5.41, 5.74) is 2.97. The van der Waals surface area contributed by atoms with Gasteiger partial charge in [0.1, 0.15) is 6.04 Å². The Hall–Kier alpha value is -3.81. The second kappa shape index (κ2) is 8.36. The zero-order valence-electron chi connectivity index (χ0n) is 20.6. The zero-order valence-corrected chi connectivity index (χ0v) is 20.6. The van der Waals surface area contributed by atoms with Crippen molar-refractivity contribution in [1.29, 1.82) is 0 Å². The molecule has 4 saturated carbocycles. The molecule has 2 heterocycles. The Bertz CT molecular complexity index is 1540. The van der Waals surface area contributed by atoms with Gasteiger partial charge in [-0.2, -0.15) is 0 Å². The van der Waals surface area contributed by atoms with Gasteiger partial charge in [0, 0.05) is 28.9 Å². The minimum Gasteiger partial charge on any atom is -0.361 e. The van der Waals surface area contributed by atoms with Crippen LogP contribution in [0.15, 0.2) is 53.5 Å². The topological polar surface area (TPSA) is 123 Å². The molecule has 8 nitrogen and oxygen atoms in total. The molecule has 2 aromatic heterocycles. The number of anilines is 1. The van der Waals surface area contributed by atoms with Crippen LogP contribution in [0.3, 0.4) is 0 Å². The molecule has 4 aliphatic rings. The van der Waals surface area contributed by atoms with E-state index in [4.69, 9.17) is 0 Å². The number of H-pyrrole nitrogens is 3. The highest BCUT2D eigenvalue weighted by atomic mass is 16.2. The first kappa shape index (κ1) is 22.4. The van der Waals surface area contributed by atoms with E-state index >= 15 is 0 Å². The van der Waals surface area contributed by atoms with E-state index in [1.165, 1.54) is 19.3 Å². The summed E-state index contributed by atoms with van der Waals surface area (Å²) in [6, 6.07) is 12.6. The van der Waals surface area contributed by atoms with Gasteiger partial charge in [0.05, 0.1) is 16.7 Å². The Morgan fingerprint density at radius 1 is 0.919 bits per heavy atom. The third-order valence-electron chi connectivity index (χ3n) is 9.05. The molecule has 4 fully saturated rings. The third-order valence-corrected chi connectivity index (χ3v) is 9.05. The maximum atomic E-state index is 13.9. The molecule has 2 amide bonds. The van der Waals surface area contributed by atoms with Gasteiger partial charge in [0.2, 0.25) is 11.8 Å². The highest BCUT2D eigenvalue weighted by molar-refractivity contribution is 6.03. The number of imidazole rings is 1. The lowest BCUT2D eigenvalue weighted by Gasteiger charge is -2.55. The molecule has 8 heteroatoms. The number of aromatic nitrogens is 3. The van der Waals surface area contributed by atoms with E-state index in [0.29, 0.717) is 40.9 Å². The number of rotatable bonds is 6. The summed E-state index contributed by atoms with van der Waals surface area (Å²) in [7, 11) is 0. The van der Waals surface area contributed by atoms with Crippen LogP contribution in [0.25, 0.3) is 21.9 Å². The van der Waals surface area contributed by atoms with E-state index < -0.39 is 6.04 Å². The molecule has 1 atom stereocenters. The quantitative estimate of drug-likeness (QED) is 0.274. The summed E-state index contributed by atoms with van der Waals surface area (Å²) in [5.74, 6) is 1.65. The van der Waals surface area contributed by atoms with Gasteiger partial charge in [0.15, 0.2) is 0 Å². The van der Waals surface area contributed by atoms with Crippen molar-refractivity contribution < 1.29 is 9.59 Å². The number of hydrogen-bond donors (Lipinski definition) is 5. The Morgan fingerprint density at radius 3 is 2.38 bits per heavy atom. The van der Waals surface area contributed by atoms with Crippen molar-refractivity contribution in [3.05, 3.63) is 64.7 Å². The van der Waals surface area contributed by atoms with Crippen molar-refractivity contribution in [3.63, 3.8) is 0 Å². The van der Waals surface area contributed by atoms with Gasteiger partial charge in [-0.05, 0) is 80.0 Å². The van der Waals surface area contributed by atoms with Gasteiger partial charge < -0.3 is 25.6 Å². The molecule has 4 aromatic rings. The molecule has 5 N–H and O–H groups in total. The molecule has 2 aromatic carbocycles. The first-order chi connectivity index (χ1) is 18.0. The van der Waals surface area contributed by atoms with Gasteiger partial charge in [-0.1, -0.05) is 24.3 Å². The van der Waals surface area contributed by atoms with Gasteiger partial charge in [-0.15, -0.1) is 0 Å². The predicted molar refractivity (Wildman–Crippen MR) is 142 cm³/mol. The van der Waals surface area contributed by atoms with Crippen LogP contribution < -0.4 is 16.3 Å². The fourth-order valence-corrected chi connectivity index (χ4v) is 7.81. The molecule has 0 saturated heterocycles. The SMILES string of the molecule is O=C(Nc1cccc2[nH]c(=O)[nH]c12)C(Cc1c[nH]c2ccccc12)NC(=O)C12CC3CC(CC(C3)C1)C2. The number of carbonyl (C=O) groups excluding carboxylic acids is 2. The summed E-state index contributed by atoms with van der Waals surface area (Å²) in [4.78, 5) is 48.3. The van der Waals surface area contributed by atoms with E-state index in [-0.39, 0.29) is 22.9 Å². The molecule has 0 aliphatic heterocycles. The molecule has 4 aliphatic carbocycles. The van der Waals surface area contributed by atoms with Crippen LogP contribution >= 0.6 is 0 Å². The summed E-state index contributed by atoms with van der Waals surface area (Å²) >= 11 is 0. The second-order valence-electron chi connectivity index (χ2n) is 11.6. The normalized spacial score (nSPS) is 27.0. The van der Waals surface area contributed by atoms with Crippen molar-refractivity contribution in [1.82, 2.24) is 20.3 Å². The van der Waals surface area contributed by atoms with Crippen molar-refractivity contribution in [2.45, 2.75) is 51.0 Å². The lowest BCUT2D eigenvalue weighted by molar-refractivity contribution is -0.148. The van der Waals surface area contributed by atoms with Crippen LogP contribution in [-0.2, 0) is 16.0 Å². The van der Waals surface area contributed by atoms with E-state index in [1.54, 1.807) is 18.2 Å². The van der Waals surface area contributed by atoms with Crippen molar-refractivity contribution in [2.75, 3.05) is 5.32 Å². The number of nitrogens with one attached hydrogen (secondary N) is 5. The van der Waals surface area contributed by atoms with E-state index in [2.05, 4.69) is 25.6 Å². The van der Waals surface area contributed by atoms with Gasteiger partial charge >= 0.3 is 5.69 Å². The lowest BCUT2D eigenvalue weighted by atomic mass is 9.49. The predicted octanol–water partition coefficient (Wildman–Crippen LogP) is 4.22. The number of aromatic amines is 3. The van der Waals surface area contributed by atoms with Gasteiger partial charge in [-0.3, -0.25) is 9.59 Å². The van der Waals surface area contributed by atoms with Crippen molar-refractivity contribution in [2.24, 2.45) is 23.2 Å². The molecule has 190 valence electrons. The summed E-state index contributed by atoms with van der Waals surface area (Å²) < 4.78 is 0. The minimum atomic E-state index is -0.749. The third kappa shape index (κ3) is 3.86. The van der Waals surface area contributed by atoms with Gasteiger partial charge in [0.25, 0.3) is 0 Å². The van der Waals surface area contributed by atoms with Gasteiger partial charge in [-0.25, -0.2) is 4.79 Å². The van der Waals surface area contributed by atoms with Crippen molar-refractivity contribution >= 4 is 39.4 Å². The Balaban J connectivity index is 1.19. The van der Waals surface area contributed by atoms with Crippen LogP contribution in [0.5, 0.6) is 0 Å². The Labute approximate surface area is 213 Å². The minimum absolute atomic E-state index is 0.0276. The molecule has 37 heavy (non-hydrogen) atoms. The average molecular weight is 498 g/mol. The maximum Gasteiger partial charge on any atom is 0.323 e. The van der Waals surface area contributed by atoms with E-state index in [1.807, 2.05) is 30.5 Å². The molecule has 1 unspecified atom stereocenters. The molecule has 4 bridgehead atoms. The number of carbonyl (C=O) groups is 2. The highest BCUT2D eigenvalue weighted by Gasteiger charge is 2.55. The fourth-order valence-electron chi connectivity index (χ4n) is 7.81. The second-order valence-corrected chi connectivity index (χ2v) is 11.6. The van der Waals surface area contributed by atoms with Crippen molar-refractivity contribution in [3.8, 4) is 0 Å². The van der Waals surface area contributed by atoms with Crippen LogP contribution in [0.4, 0.5) is 5.69 Å². The number of benzene rings is 2. The molecule has 8 rings (SSSR count). The lowest BCUT2D eigenvalue weighted by Crippen LogP contribution is -2.57. The average Bonchev–Trinajstić information content (AvgIpc) is 3.46. The summed E-state index contributed by atoms with van der Waals surface area (Å²) in [5, 5.41) is 7.23. The number of fused-ring (bicyclic) bond motifs is 2. The highest BCUT2D eigenvalue weighted by Crippen LogP contribution is 2.60. The Morgan fingerprint density at radius 2 is 1.62 bits per heavy atom. The Kier molecular flexibility index (Phi) is 5.06. The summed E-state index contributed by atoms with van der Waals surface area (Å²) in [6.45, 7) is 0. The number of para-hydroxylation sites is 2. The number of hydrogen-bond acceptors (Lipinski definition) is 3. The smallest absolute Gasteiger partial charge is 0.323 e. The molecule has 0 spiro atoms. The standard InChI is InChI=1S/C29H31N5O3/c35-26(31-22-6-3-7-23-25(22)34-28(37)33-23)24(11-19-15-30-21-5-2-1-4-20(19)21)32-27(36)29-12-16-8-17(13-29)10-18(9-16)14-29/h1-7,15-18,24,30H,8-14H2,(H,31,35)(H,32,36)(H2,33,34,37). The monoisotopic (exact) mass is 497 g/mol. The molecular weight excluding hydrogens is 466 g/mol. The molecule has 0 radical (unpaired) electrons. The van der Waals surface area contributed by atoms with Crippen LogP contribution in [-0.4, -0.2) is 32.8 Å². The van der Waals surface area contributed by atoms with E-state index in [0.717, 1.165) is 35.7 Å². The van der Waals surface area contributed by atoms with E-state index in [9.17, 15) is 14.4 Å². The number of amides is 2. The maximum absolute atomic E-state index is 13.9. The fraction of sp³-hybridized carbons (Fsp3) is 0.414. The molecular formula is C29H31N5O3. The largest absolute Gasteiger partial charge is 0.361 e. The first-order valence-corrected chi connectivity index (χ1v) is 13.3. The first-order valence-electron chi connectivity index (χ1n) is 13.3. The van der Waals surface area contributed by atoms with Crippen LogP contribution in [0, 0.1) is 23.2 Å². The summed E-state index contributed by atoms with van der Waals surface area (Å²) in [6.07, 6.45) is 8.88. The van der Waals surface area contributed by atoms with Crippen LogP contribution in [0.2, 0.25) is 0 Å². The zero-order chi connectivity index (χ0) is 25.1. The van der Waals surface area contributed by atoms with Crippen LogP contribution in [0.1, 0.15) is 44.1 Å².